The average Bonchev–Trinajstić information content (AvgIpc) is 3.26. The first-order valence-electron chi connectivity index (χ1n) is 8.86. The standard InChI is InChI=1S/C22H14F3NO4/c23-22(24,25)14-5-3-6-15(11-14)26-12-19(17-8-1-2-9-18(17)20(26)27)21(28)30-13-16-7-4-10-29-16/h1-12H,13H2. The fourth-order valence-electron chi connectivity index (χ4n) is 3.09. The Bertz CT molecular complexity index is 1270. The largest absolute Gasteiger partial charge is 0.466 e. The van der Waals surface area contributed by atoms with Crippen LogP contribution in [0.15, 0.2) is 82.3 Å². The van der Waals surface area contributed by atoms with Crippen LogP contribution in [0.5, 0.6) is 0 Å². The smallest absolute Gasteiger partial charge is 0.416 e. The SMILES string of the molecule is O=C(OCc1ccco1)c1cn(-c2cccc(C(F)(F)F)c2)c(=O)c2ccccc12. The second kappa shape index (κ2) is 7.55. The fraction of sp³-hybridized carbons (Fsp3) is 0.0909. The normalized spacial score (nSPS) is 11.6. The van der Waals surface area contributed by atoms with Crippen LogP contribution in [0.2, 0.25) is 0 Å². The van der Waals surface area contributed by atoms with Crippen molar-refractivity contribution in [1.82, 2.24) is 4.57 Å². The van der Waals surface area contributed by atoms with Crippen LogP contribution in [-0.4, -0.2) is 10.5 Å². The number of carbonyl (C=O) groups is 1. The van der Waals surface area contributed by atoms with Crippen LogP contribution in [0.3, 0.4) is 0 Å². The van der Waals surface area contributed by atoms with Crippen molar-refractivity contribution in [3.8, 4) is 5.69 Å². The van der Waals surface area contributed by atoms with Gasteiger partial charge in [-0.1, -0.05) is 24.3 Å². The Morgan fingerprint density at radius 1 is 1.00 bits per heavy atom. The zero-order valence-electron chi connectivity index (χ0n) is 15.3. The monoisotopic (exact) mass is 413 g/mol. The minimum atomic E-state index is -4.57. The highest BCUT2D eigenvalue weighted by molar-refractivity contribution is 6.04. The number of hydrogen-bond acceptors (Lipinski definition) is 4. The molecule has 2 aromatic heterocycles. The fourth-order valence-corrected chi connectivity index (χ4v) is 3.09. The summed E-state index contributed by atoms with van der Waals surface area (Å²) in [5.74, 6) is -0.304. The number of pyridine rings is 1. The summed E-state index contributed by atoms with van der Waals surface area (Å²) < 4.78 is 50.7. The summed E-state index contributed by atoms with van der Waals surface area (Å²) in [6.45, 7) is -0.122. The Morgan fingerprint density at radius 2 is 1.77 bits per heavy atom. The quantitative estimate of drug-likeness (QED) is 0.444. The van der Waals surface area contributed by atoms with Crippen LogP contribution in [-0.2, 0) is 17.5 Å². The van der Waals surface area contributed by atoms with E-state index in [4.69, 9.17) is 9.15 Å². The summed E-state index contributed by atoms with van der Waals surface area (Å²) in [6, 6.07) is 14.0. The van der Waals surface area contributed by atoms with E-state index in [1.165, 1.54) is 30.7 Å². The van der Waals surface area contributed by atoms with E-state index in [9.17, 15) is 22.8 Å². The molecule has 0 N–H and O–H groups in total. The zero-order chi connectivity index (χ0) is 21.3. The van der Waals surface area contributed by atoms with Crippen molar-refractivity contribution in [3.63, 3.8) is 0 Å². The number of nitrogens with zero attached hydrogens (tertiary/aromatic N) is 1. The summed E-state index contributed by atoms with van der Waals surface area (Å²) in [4.78, 5) is 25.6. The van der Waals surface area contributed by atoms with Gasteiger partial charge in [0.2, 0.25) is 0 Å². The lowest BCUT2D eigenvalue weighted by Crippen LogP contribution is -2.21. The van der Waals surface area contributed by atoms with Crippen molar-refractivity contribution in [2.75, 3.05) is 0 Å². The van der Waals surface area contributed by atoms with E-state index in [-0.39, 0.29) is 23.2 Å². The number of fused-ring (bicyclic) bond motifs is 1. The molecule has 30 heavy (non-hydrogen) atoms. The zero-order valence-corrected chi connectivity index (χ0v) is 15.3. The Kier molecular flexibility index (Phi) is 4.91. The van der Waals surface area contributed by atoms with Gasteiger partial charge in [0.1, 0.15) is 12.4 Å². The molecule has 0 unspecified atom stereocenters. The average molecular weight is 413 g/mol. The number of ether oxygens (including phenoxy) is 1. The highest BCUT2D eigenvalue weighted by atomic mass is 19.4. The van der Waals surface area contributed by atoms with Crippen molar-refractivity contribution in [2.24, 2.45) is 0 Å². The molecule has 0 fully saturated rings. The van der Waals surface area contributed by atoms with Crippen molar-refractivity contribution in [1.29, 1.82) is 0 Å². The Balaban J connectivity index is 1.83. The molecule has 0 amide bonds. The Morgan fingerprint density at radius 3 is 2.47 bits per heavy atom. The third kappa shape index (κ3) is 3.71. The van der Waals surface area contributed by atoms with Gasteiger partial charge in [0.25, 0.3) is 5.56 Å². The molecule has 5 nitrogen and oxygen atoms in total. The molecule has 4 aromatic rings. The minimum absolute atomic E-state index is 0.0133. The lowest BCUT2D eigenvalue weighted by Gasteiger charge is -2.14. The van der Waals surface area contributed by atoms with Crippen LogP contribution in [0.25, 0.3) is 16.5 Å². The van der Waals surface area contributed by atoms with Gasteiger partial charge in [0, 0.05) is 22.7 Å². The van der Waals surface area contributed by atoms with Crippen LogP contribution in [0.4, 0.5) is 13.2 Å². The number of aromatic nitrogens is 1. The first-order valence-corrected chi connectivity index (χ1v) is 8.86. The molecule has 0 radical (unpaired) electrons. The number of furan rings is 1. The third-order valence-corrected chi connectivity index (χ3v) is 4.52. The molecule has 0 saturated heterocycles. The maximum Gasteiger partial charge on any atom is 0.416 e. The predicted octanol–water partition coefficient (Wildman–Crippen LogP) is 4.96. The molecule has 152 valence electrons. The highest BCUT2D eigenvalue weighted by Crippen LogP contribution is 2.30. The number of esters is 1. The molecule has 8 heteroatoms. The molecule has 0 aliphatic carbocycles. The second-order valence-corrected chi connectivity index (χ2v) is 6.47. The van der Waals surface area contributed by atoms with E-state index in [0.29, 0.717) is 11.1 Å². The van der Waals surface area contributed by atoms with E-state index < -0.39 is 23.3 Å². The van der Waals surface area contributed by atoms with Crippen LogP contribution in [0.1, 0.15) is 21.7 Å². The Labute approximate surface area is 167 Å². The topological polar surface area (TPSA) is 61.4 Å². The van der Waals surface area contributed by atoms with Crippen molar-refractivity contribution in [2.45, 2.75) is 12.8 Å². The first kappa shape index (κ1) is 19.5. The molecular weight excluding hydrogens is 399 g/mol. The van der Waals surface area contributed by atoms with Crippen molar-refractivity contribution in [3.05, 3.63) is 100 Å². The summed E-state index contributed by atoms with van der Waals surface area (Å²) in [5.41, 5.74) is -1.41. The van der Waals surface area contributed by atoms with Gasteiger partial charge in [0.05, 0.1) is 17.4 Å². The van der Waals surface area contributed by atoms with Gasteiger partial charge in [0.15, 0.2) is 0 Å². The lowest BCUT2D eigenvalue weighted by molar-refractivity contribution is -0.137. The van der Waals surface area contributed by atoms with Crippen LogP contribution < -0.4 is 5.56 Å². The van der Waals surface area contributed by atoms with E-state index >= 15 is 0 Å². The number of alkyl halides is 3. The minimum Gasteiger partial charge on any atom is -0.466 e. The molecule has 0 bridgehead atoms. The summed E-state index contributed by atoms with van der Waals surface area (Å²) in [6.07, 6.45) is -1.93. The maximum atomic E-state index is 13.1. The number of rotatable bonds is 4. The van der Waals surface area contributed by atoms with Crippen molar-refractivity contribution >= 4 is 16.7 Å². The van der Waals surface area contributed by atoms with Gasteiger partial charge >= 0.3 is 12.1 Å². The molecule has 0 aliphatic heterocycles. The molecule has 4 rings (SSSR count). The molecule has 0 atom stereocenters. The van der Waals surface area contributed by atoms with Gasteiger partial charge in [-0.2, -0.15) is 13.2 Å². The number of halogens is 3. The van der Waals surface area contributed by atoms with Gasteiger partial charge in [-0.05, 0) is 36.4 Å². The summed E-state index contributed by atoms with van der Waals surface area (Å²) in [5, 5.41) is 0.525. The van der Waals surface area contributed by atoms with Crippen LogP contribution in [0, 0.1) is 0 Å². The molecule has 2 aromatic carbocycles. The predicted molar refractivity (Wildman–Crippen MR) is 102 cm³/mol. The third-order valence-electron chi connectivity index (χ3n) is 4.52. The first-order chi connectivity index (χ1) is 14.3. The molecule has 0 saturated carbocycles. The van der Waals surface area contributed by atoms with Gasteiger partial charge in [-0.3, -0.25) is 9.36 Å². The summed E-state index contributed by atoms with van der Waals surface area (Å²) >= 11 is 0. The maximum absolute atomic E-state index is 13.1. The molecular formula is C22H14F3NO4. The van der Waals surface area contributed by atoms with E-state index in [0.717, 1.165) is 16.7 Å². The van der Waals surface area contributed by atoms with Gasteiger partial charge in [-0.25, -0.2) is 4.79 Å². The van der Waals surface area contributed by atoms with Gasteiger partial charge < -0.3 is 9.15 Å². The highest BCUT2D eigenvalue weighted by Gasteiger charge is 2.30. The van der Waals surface area contributed by atoms with E-state index in [2.05, 4.69) is 0 Å². The summed E-state index contributed by atoms with van der Waals surface area (Å²) in [7, 11) is 0. The van der Waals surface area contributed by atoms with Crippen LogP contribution >= 0.6 is 0 Å². The second-order valence-electron chi connectivity index (χ2n) is 6.47. The van der Waals surface area contributed by atoms with E-state index in [1.807, 2.05) is 0 Å². The Hall–Kier alpha value is -3.81. The number of benzene rings is 2. The van der Waals surface area contributed by atoms with E-state index in [1.54, 1.807) is 30.3 Å². The molecule has 2 heterocycles. The lowest BCUT2D eigenvalue weighted by atomic mass is 10.1. The van der Waals surface area contributed by atoms with Crippen molar-refractivity contribution < 1.29 is 27.1 Å². The number of hydrogen-bond donors (Lipinski definition) is 0. The molecule has 0 aliphatic rings. The number of carbonyl (C=O) groups excluding carboxylic acids is 1. The van der Waals surface area contributed by atoms with Gasteiger partial charge in [-0.15, -0.1) is 0 Å². The molecule has 0 spiro atoms.